The Kier molecular flexibility index (Phi) is 6.33. The minimum absolute atomic E-state index is 0.111. The summed E-state index contributed by atoms with van der Waals surface area (Å²) in [6, 6.07) is -0.122. The van der Waals surface area contributed by atoms with E-state index in [0.29, 0.717) is 6.61 Å². The standard InChI is InChI=1S/C14H25NO3/c1-4-6-13(14(17)18-5-2)15-9-7-12(8-10-15)11(3)16/h12-13H,4-10H2,1-3H3. The van der Waals surface area contributed by atoms with Crippen molar-refractivity contribution in [2.24, 2.45) is 5.92 Å². The molecule has 0 amide bonds. The first-order valence-electron chi connectivity index (χ1n) is 7.01. The van der Waals surface area contributed by atoms with E-state index in [9.17, 15) is 9.59 Å². The first-order chi connectivity index (χ1) is 8.60. The van der Waals surface area contributed by atoms with Crippen LogP contribution in [0, 0.1) is 5.92 Å². The molecule has 1 unspecified atom stereocenters. The first-order valence-corrected chi connectivity index (χ1v) is 7.01. The molecule has 0 bridgehead atoms. The van der Waals surface area contributed by atoms with Gasteiger partial charge in [-0.1, -0.05) is 13.3 Å². The lowest BCUT2D eigenvalue weighted by Crippen LogP contribution is -2.47. The van der Waals surface area contributed by atoms with Gasteiger partial charge < -0.3 is 4.74 Å². The van der Waals surface area contributed by atoms with Gasteiger partial charge >= 0.3 is 5.97 Å². The van der Waals surface area contributed by atoms with Crippen molar-refractivity contribution >= 4 is 11.8 Å². The Labute approximate surface area is 110 Å². The molecule has 0 aromatic heterocycles. The van der Waals surface area contributed by atoms with Crippen LogP contribution < -0.4 is 0 Å². The lowest BCUT2D eigenvalue weighted by Gasteiger charge is -2.35. The molecule has 1 heterocycles. The van der Waals surface area contributed by atoms with Gasteiger partial charge in [0.05, 0.1) is 6.61 Å². The van der Waals surface area contributed by atoms with Crippen LogP contribution in [0.1, 0.15) is 46.5 Å². The van der Waals surface area contributed by atoms with E-state index < -0.39 is 0 Å². The molecule has 0 aromatic rings. The van der Waals surface area contributed by atoms with Crippen LogP contribution in [0.3, 0.4) is 0 Å². The summed E-state index contributed by atoms with van der Waals surface area (Å²) in [6.07, 6.45) is 3.55. The average Bonchev–Trinajstić information content (AvgIpc) is 2.36. The highest BCUT2D eigenvalue weighted by atomic mass is 16.5. The second-order valence-electron chi connectivity index (χ2n) is 4.98. The van der Waals surface area contributed by atoms with Gasteiger partial charge in [0.1, 0.15) is 11.8 Å². The van der Waals surface area contributed by atoms with Crippen LogP contribution in [0.5, 0.6) is 0 Å². The van der Waals surface area contributed by atoms with Crippen molar-refractivity contribution in [1.82, 2.24) is 4.90 Å². The summed E-state index contributed by atoms with van der Waals surface area (Å²) < 4.78 is 5.14. The second kappa shape index (κ2) is 7.52. The molecule has 0 saturated carbocycles. The molecule has 1 atom stereocenters. The van der Waals surface area contributed by atoms with E-state index in [2.05, 4.69) is 11.8 Å². The average molecular weight is 255 g/mol. The number of likely N-dealkylation sites (tertiary alicyclic amines) is 1. The SMILES string of the molecule is CCCC(C(=O)OCC)N1CCC(C(C)=O)CC1. The van der Waals surface area contributed by atoms with Gasteiger partial charge in [-0.3, -0.25) is 14.5 Å². The maximum Gasteiger partial charge on any atom is 0.323 e. The number of hydrogen-bond donors (Lipinski definition) is 0. The van der Waals surface area contributed by atoms with Gasteiger partial charge in [-0.25, -0.2) is 0 Å². The van der Waals surface area contributed by atoms with Gasteiger partial charge in [-0.05, 0) is 46.2 Å². The molecule has 1 rings (SSSR count). The summed E-state index contributed by atoms with van der Waals surface area (Å²) in [5, 5.41) is 0. The van der Waals surface area contributed by atoms with Crippen LogP contribution in [0.15, 0.2) is 0 Å². The van der Waals surface area contributed by atoms with Crippen molar-refractivity contribution in [2.75, 3.05) is 19.7 Å². The third-order valence-corrected chi connectivity index (χ3v) is 3.67. The van der Waals surface area contributed by atoms with Crippen molar-refractivity contribution in [3.63, 3.8) is 0 Å². The number of hydrogen-bond acceptors (Lipinski definition) is 4. The van der Waals surface area contributed by atoms with E-state index in [0.717, 1.165) is 38.8 Å². The zero-order valence-electron chi connectivity index (χ0n) is 11.8. The third kappa shape index (κ3) is 4.09. The Balaban J connectivity index is 2.55. The molecular formula is C14H25NO3. The lowest BCUT2D eigenvalue weighted by atomic mass is 9.92. The van der Waals surface area contributed by atoms with Gasteiger partial charge in [-0.15, -0.1) is 0 Å². The summed E-state index contributed by atoms with van der Waals surface area (Å²) in [7, 11) is 0. The maximum absolute atomic E-state index is 11.9. The smallest absolute Gasteiger partial charge is 0.323 e. The van der Waals surface area contributed by atoms with Gasteiger partial charge in [0.2, 0.25) is 0 Å². The molecule has 0 N–H and O–H groups in total. The second-order valence-corrected chi connectivity index (χ2v) is 4.98. The maximum atomic E-state index is 11.9. The Morgan fingerprint density at radius 1 is 1.28 bits per heavy atom. The molecule has 1 aliphatic rings. The summed E-state index contributed by atoms with van der Waals surface area (Å²) in [5.74, 6) is 0.351. The number of ether oxygens (including phenoxy) is 1. The molecule has 104 valence electrons. The van der Waals surface area contributed by atoms with Crippen LogP contribution in [-0.4, -0.2) is 42.4 Å². The highest BCUT2D eigenvalue weighted by Crippen LogP contribution is 2.22. The van der Waals surface area contributed by atoms with Crippen LogP contribution in [0.2, 0.25) is 0 Å². The zero-order chi connectivity index (χ0) is 13.5. The van der Waals surface area contributed by atoms with Crippen molar-refractivity contribution in [3.05, 3.63) is 0 Å². The quantitative estimate of drug-likeness (QED) is 0.681. The fraction of sp³-hybridized carbons (Fsp3) is 0.857. The Bertz CT molecular complexity index is 283. The molecule has 4 nitrogen and oxygen atoms in total. The predicted molar refractivity (Wildman–Crippen MR) is 70.3 cm³/mol. The highest BCUT2D eigenvalue weighted by molar-refractivity contribution is 5.78. The minimum Gasteiger partial charge on any atom is -0.465 e. The number of carbonyl (C=O) groups is 2. The molecule has 1 saturated heterocycles. The van der Waals surface area contributed by atoms with Crippen molar-refractivity contribution in [2.45, 2.75) is 52.5 Å². The topological polar surface area (TPSA) is 46.6 Å². The normalized spacial score (nSPS) is 19.5. The number of carbonyl (C=O) groups excluding carboxylic acids is 2. The van der Waals surface area contributed by atoms with E-state index in [1.165, 1.54) is 0 Å². The zero-order valence-corrected chi connectivity index (χ0v) is 11.8. The van der Waals surface area contributed by atoms with Crippen LogP contribution in [0.4, 0.5) is 0 Å². The van der Waals surface area contributed by atoms with Crippen LogP contribution in [0.25, 0.3) is 0 Å². The number of Topliss-reactive ketones (excluding diaryl/α,β-unsaturated/α-hetero) is 1. The molecule has 0 spiro atoms. The summed E-state index contributed by atoms with van der Waals surface area (Å²) >= 11 is 0. The van der Waals surface area contributed by atoms with Gasteiger partial charge in [0.15, 0.2) is 0 Å². The number of ketones is 1. The largest absolute Gasteiger partial charge is 0.465 e. The van der Waals surface area contributed by atoms with E-state index >= 15 is 0 Å². The molecule has 1 fully saturated rings. The number of piperidine rings is 1. The Hall–Kier alpha value is -0.900. The molecule has 18 heavy (non-hydrogen) atoms. The Morgan fingerprint density at radius 3 is 2.33 bits per heavy atom. The molecule has 0 aliphatic carbocycles. The third-order valence-electron chi connectivity index (χ3n) is 3.67. The molecule has 4 heteroatoms. The number of rotatable bonds is 6. The van der Waals surface area contributed by atoms with E-state index in [1.807, 2.05) is 6.92 Å². The van der Waals surface area contributed by atoms with E-state index in [1.54, 1.807) is 6.92 Å². The molecule has 0 radical (unpaired) electrons. The molecule has 0 aromatic carbocycles. The first kappa shape index (κ1) is 15.2. The van der Waals surface area contributed by atoms with Crippen molar-refractivity contribution < 1.29 is 14.3 Å². The highest BCUT2D eigenvalue weighted by Gasteiger charge is 2.31. The fourth-order valence-corrected chi connectivity index (χ4v) is 2.58. The fourth-order valence-electron chi connectivity index (χ4n) is 2.58. The van der Waals surface area contributed by atoms with Gasteiger partial charge in [0, 0.05) is 5.92 Å². The number of nitrogens with zero attached hydrogens (tertiary/aromatic N) is 1. The van der Waals surface area contributed by atoms with Gasteiger partial charge in [-0.2, -0.15) is 0 Å². The van der Waals surface area contributed by atoms with Crippen LogP contribution in [-0.2, 0) is 14.3 Å². The molecule has 1 aliphatic heterocycles. The molecular weight excluding hydrogens is 230 g/mol. The van der Waals surface area contributed by atoms with Crippen LogP contribution >= 0.6 is 0 Å². The minimum atomic E-state index is -0.122. The Morgan fingerprint density at radius 2 is 1.89 bits per heavy atom. The van der Waals surface area contributed by atoms with Crippen molar-refractivity contribution in [3.8, 4) is 0 Å². The monoisotopic (exact) mass is 255 g/mol. The van der Waals surface area contributed by atoms with Gasteiger partial charge in [0.25, 0.3) is 0 Å². The van der Waals surface area contributed by atoms with E-state index in [4.69, 9.17) is 4.74 Å². The van der Waals surface area contributed by atoms with E-state index in [-0.39, 0.29) is 23.7 Å². The lowest BCUT2D eigenvalue weighted by molar-refractivity contribution is -0.150. The van der Waals surface area contributed by atoms with Crippen molar-refractivity contribution in [1.29, 1.82) is 0 Å². The number of esters is 1. The summed E-state index contributed by atoms with van der Waals surface area (Å²) in [5.41, 5.74) is 0. The predicted octanol–water partition coefficient (Wildman–Crippen LogP) is 2.02. The summed E-state index contributed by atoms with van der Waals surface area (Å²) in [4.78, 5) is 25.4. The summed E-state index contributed by atoms with van der Waals surface area (Å²) in [6.45, 7) is 7.66.